The van der Waals surface area contributed by atoms with Gasteiger partial charge in [-0.1, -0.05) is 19.1 Å². The molecule has 0 amide bonds. The predicted octanol–water partition coefficient (Wildman–Crippen LogP) is 2.66. The van der Waals surface area contributed by atoms with Crippen molar-refractivity contribution in [1.82, 2.24) is 9.78 Å². The first-order chi connectivity index (χ1) is 8.52. The molecule has 18 heavy (non-hydrogen) atoms. The summed E-state index contributed by atoms with van der Waals surface area (Å²) in [7, 11) is 1.77. The first kappa shape index (κ1) is 12.5. The summed E-state index contributed by atoms with van der Waals surface area (Å²) in [5, 5.41) is 4.22. The van der Waals surface area contributed by atoms with Gasteiger partial charge >= 0.3 is 0 Å². The lowest BCUT2D eigenvalue weighted by Crippen LogP contribution is -2.04. The zero-order valence-corrected chi connectivity index (χ0v) is 10.7. The zero-order valence-electron chi connectivity index (χ0n) is 10.7. The quantitative estimate of drug-likeness (QED) is 0.780. The summed E-state index contributed by atoms with van der Waals surface area (Å²) in [4.78, 5) is 12.3. The minimum atomic E-state index is -0.359. The monoisotopic (exact) mass is 246 g/mol. The van der Waals surface area contributed by atoms with Gasteiger partial charge in [0.1, 0.15) is 5.82 Å². The third-order valence-corrected chi connectivity index (χ3v) is 2.92. The Bertz CT molecular complexity index is 602. The third kappa shape index (κ3) is 2.18. The van der Waals surface area contributed by atoms with Gasteiger partial charge in [0.05, 0.1) is 11.3 Å². The second-order valence-electron chi connectivity index (χ2n) is 4.31. The van der Waals surface area contributed by atoms with E-state index < -0.39 is 0 Å². The van der Waals surface area contributed by atoms with Crippen LogP contribution in [0.2, 0.25) is 0 Å². The fourth-order valence-corrected chi connectivity index (χ4v) is 1.87. The van der Waals surface area contributed by atoms with E-state index in [-0.39, 0.29) is 11.6 Å². The van der Waals surface area contributed by atoms with Gasteiger partial charge in [0.15, 0.2) is 5.78 Å². The summed E-state index contributed by atoms with van der Waals surface area (Å²) in [6, 6.07) is 4.54. The second-order valence-corrected chi connectivity index (χ2v) is 4.31. The lowest BCUT2D eigenvalue weighted by molar-refractivity contribution is 0.103. The van der Waals surface area contributed by atoms with E-state index in [0.717, 1.165) is 5.69 Å². The van der Waals surface area contributed by atoms with Crippen molar-refractivity contribution >= 4 is 5.78 Å². The summed E-state index contributed by atoms with van der Waals surface area (Å²) < 4.78 is 15.1. The lowest BCUT2D eigenvalue weighted by Gasteiger charge is -2.02. The van der Waals surface area contributed by atoms with Crippen LogP contribution in [0, 0.1) is 12.7 Å². The van der Waals surface area contributed by atoms with Crippen LogP contribution >= 0.6 is 0 Å². The number of ketones is 1. The number of hydrogen-bond acceptors (Lipinski definition) is 2. The largest absolute Gasteiger partial charge is 0.288 e. The molecular weight excluding hydrogens is 231 g/mol. The highest BCUT2D eigenvalue weighted by molar-refractivity contribution is 6.09. The highest BCUT2D eigenvalue weighted by Crippen LogP contribution is 2.16. The third-order valence-electron chi connectivity index (χ3n) is 2.92. The van der Waals surface area contributed by atoms with Crippen molar-refractivity contribution in [3.05, 3.63) is 52.6 Å². The van der Waals surface area contributed by atoms with Crippen LogP contribution in [0.25, 0.3) is 0 Å². The van der Waals surface area contributed by atoms with E-state index in [1.54, 1.807) is 37.0 Å². The Hall–Kier alpha value is -1.97. The number of benzene rings is 1. The van der Waals surface area contributed by atoms with Gasteiger partial charge in [-0.15, -0.1) is 0 Å². The zero-order chi connectivity index (χ0) is 13.3. The van der Waals surface area contributed by atoms with Crippen LogP contribution in [-0.2, 0) is 13.5 Å². The maximum atomic E-state index is 13.5. The highest BCUT2D eigenvalue weighted by atomic mass is 19.1. The summed E-state index contributed by atoms with van der Waals surface area (Å²) in [6.45, 7) is 3.61. The molecular formula is C14H15FN2O. The Balaban J connectivity index is 2.44. The minimum Gasteiger partial charge on any atom is -0.288 e. The average molecular weight is 246 g/mol. The van der Waals surface area contributed by atoms with Crippen molar-refractivity contribution in [2.75, 3.05) is 0 Å². The molecule has 2 rings (SSSR count). The van der Waals surface area contributed by atoms with Crippen LogP contribution in [0.3, 0.4) is 0 Å². The molecule has 0 atom stereocenters. The number of carbonyl (C=O) groups is 1. The van der Waals surface area contributed by atoms with Crippen molar-refractivity contribution in [2.24, 2.45) is 7.05 Å². The maximum absolute atomic E-state index is 13.5. The topological polar surface area (TPSA) is 34.9 Å². The van der Waals surface area contributed by atoms with Crippen LogP contribution in [0.4, 0.5) is 4.39 Å². The molecule has 0 radical (unpaired) electrons. The highest BCUT2D eigenvalue weighted by Gasteiger charge is 2.17. The first-order valence-corrected chi connectivity index (χ1v) is 5.86. The molecule has 4 heteroatoms. The van der Waals surface area contributed by atoms with Gasteiger partial charge in [0.25, 0.3) is 0 Å². The number of nitrogens with zero attached hydrogens (tertiary/aromatic N) is 2. The SMILES string of the molecule is CCc1nn(C)cc1C(=O)c1ccc(C)c(F)c1. The molecule has 0 aliphatic carbocycles. The van der Waals surface area contributed by atoms with Crippen LogP contribution in [0.15, 0.2) is 24.4 Å². The lowest BCUT2D eigenvalue weighted by atomic mass is 10.0. The van der Waals surface area contributed by atoms with Gasteiger partial charge in [-0.05, 0) is 25.0 Å². The van der Waals surface area contributed by atoms with Gasteiger partial charge in [0.2, 0.25) is 0 Å². The number of aromatic nitrogens is 2. The summed E-state index contributed by atoms with van der Waals surface area (Å²) in [6.07, 6.45) is 2.36. The molecule has 0 fully saturated rings. The van der Waals surface area contributed by atoms with Crippen molar-refractivity contribution in [1.29, 1.82) is 0 Å². The maximum Gasteiger partial charge on any atom is 0.196 e. The minimum absolute atomic E-state index is 0.182. The molecule has 0 spiro atoms. The number of carbonyl (C=O) groups excluding carboxylic acids is 1. The van der Waals surface area contributed by atoms with Crippen LogP contribution in [0.1, 0.15) is 34.1 Å². The molecule has 0 saturated carbocycles. The fourth-order valence-electron chi connectivity index (χ4n) is 1.87. The molecule has 94 valence electrons. The van der Waals surface area contributed by atoms with Crippen molar-refractivity contribution in [2.45, 2.75) is 20.3 Å². The fraction of sp³-hybridized carbons (Fsp3) is 0.286. The molecule has 0 unspecified atom stereocenters. The van der Waals surface area contributed by atoms with Crippen LogP contribution in [0.5, 0.6) is 0 Å². The first-order valence-electron chi connectivity index (χ1n) is 5.86. The molecule has 0 N–H and O–H groups in total. The van der Waals surface area contributed by atoms with Crippen LogP contribution < -0.4 is 0 Å². The predicted molar refractivity (Wildman–Crippen MR) is 67.2 cm³/mol. The Labute approximate surface area is 105 Å². The van der Waals surface area contributed by atoms with Crippen molar-refractivity contribution < 1.29 is 9.18 Å². The van der Waals surface area contributed by atoms with Gasteiger partial charge in [-0.25, -0.2) is 4.39 Å². The summed E-state index contributed by atoms with van der Waals surface area (Å²) >= 11 is 0. The van der Waals surface area contributed by atoms with Gasteiger partial charge in [0, 0.05) is 18.8 Å². The van der Waals surface area contributed by atoms with E-state index in [4.69, 9.17) is 0 Å². The van der Waals surface area contributed by atoms with E-state index in [1.807, 2.05) is 6.92 Å². The number of aryl methyl sites for hydroxylation is 3. The van der Waals surface area contributed by atoms with E-state index >= 15 is 0 Å². The Morgan fingerprint density at radius 3 is 2.78 bits per heavy atom. The normalized spacial score (nSPS) is 10.7. The molecule has 0 aliphatic rings. The molecule has 0 bridgehead atoms. The van der Waals surface area contributed by atoms with Crippen molar-refractivity contribution in [3.8, 4) is 0 Å². The molecule has 1 heterocycles. The molecule has 0 saturated heterocycles. The number of hydrogen-bond donors (Lipinski definition) is 0. The van der Waals surface area contributed by atoms with E-state index in [1.165, 1.54) is 6.07 Å². The van der Waals surface area contributed by atoms with Gasteiger partial charge < -0.3 is 0 Å². The molecule has 1 aromatic carbocycles. The van der Waals surface area contributed by atoms with Gasteiger partial charge in [-0.3, -0.25) is 9.48 Å². The number of rotatable bonds is 3. The molecule has 0 aliphatic heterocycles. The molecule has 1 aromatic heterocycles. The standard InChI is InChI=1S/C14H15FN2O/c1-4-13-11(8-17(3)16-13)14(18)10-6-5-9(2)12(15)7-10/h5-8H,4H2,1-3H3. The summed E-state index contributed by atoms with van der Waals surface area (Å²) in [5.74, 6) is -0.540. The van der Waals surface area contributed by atoms with Crippen LogP contribution in [-0.4, -0.2) is 15.6 Å². The smallest absolute Gasteiger partial charge is 0.196 e. The van der Waals surface area contributed by atoms with E-state index in [0.29, 0.717) is 23.1 Å². The van der Waals surface area contributed by atoms with Crippen molar-refractivity contribution in [3.63, 3.8) is 0 Å². The average Bonchev–Trinajstić information content (AvgIpc) is 2.73. The Morgan fingerprint density at radius 1 is 1.44 bits per heavy atom. The summed E-state index contributed by atoms with van der Waals surface area (Å²) in [5.41, 5.74) is 2.18. The van der Waals surface area contributed by atoms with E-state index in [2.05, 4.69) is 5.10 Å². The molecule has 2 aromatic rings. The second kappa shape index (κ2) is 4.72. The van der Waals surface area contributed by atoms with E-state index in [9.17, 15) is 9.18 Å². The number of halogens is 1. The van der Waals surface area contributed by atoms with Gasteiger partial charge in [-0.2, -0.15) is 5.10 Å². The Kier molecular flexibility index (Phi) is 3.28. The Morgan fingerprint density at radius 2 is 2.17 bits per heavy atom. The molecule has 3 nitrogen and oxygen atoms in total.